The first-order valence-corrected chi connectivity index (χ1v) is 9.65. The van der Waals surface area contributed by atoms with Crippen molar-refractivity contribution in [1.82, 2.24) is 4.98 Å². The highest BCUT2D eigenvalue weighted by atomic mass is 16.5. The molecule has 5 rings (SSSR count). The van der Waals surface area contributed by atoms with Gasteiger partial charge in [-0.15, -0.1) is 0 Å². The molecular formula is C20H26N2O3. The molecule has 1 spiro atoms. The number of oxazole rings is 1. The summed E-state index contributed by atoms with van der Waals surface area (Å²) in [4.78, 5) is 4.68. The third kappa shape index (κ3) is 2.64. The predicted molar refractivity (Wildman–Crippen MR) is 95.9 cm³/mol. The fourth-order valence-corrected chi connectivity index (χ4v) is 4.55. The van der Waals surface area contributed by atoms with Crippen LogP contribution in [-0.4, -0.2) is 37.0 Å². The number of nitrogens with zero attached hydrogens (tertiary/aromatic N) is 1. The van der Waals surface area contributed by atoms with Crippen molar-refractivity contribution in [2.24, 2.45) is 5.41 Å². The lowest BCUT2D eigenvalue weighted by Crippen LogP contribution is -2.63. The molecule has 1 aliphatic heterocycles. The number of ether oxygens (including phenoxy) is 2. The first kappa shape index (κ1) is 15.6. The zero-order valence-electron chi connectivity index (χ0n) is 14.8. The Morgan fingerprint density at radius 3 is 2.88 bits per heavy atom. The Morgan fingerprint density at radius 2 is 2.12 bits per heavy atom. The number of hydrogen-bond acceptors (Lipinski definition) is 5. The van der Waals surface area contributed by atoms with Gasteiger partial charge in [0, 0.05) is 42.9 Å². The summed E-state index contributed by atoms with van der Waals surface area (Å²) in [5.41, 5.74) is 3.21. The van der Waals surface area contributed by atoms with Crippen molar-refractivity contribution in [3.63, 3.8) is 0 Å². The molecule has 1 aromatic carbocycles. The molecule has 2 atom stereocenters. The molecule has 2 saturated carbocycles. The lowest BCUT2D eigenvalue weighted by atomic mass is 9.57. The van der Waals surface area contributed by atoms with Crippen LogP contribution in [0.3, 0.4) is 0 Å². The van der Waals surface area contributed by atoms with Gasteiger partial charge < -0.3 is 19.2 Å². The smallest absolute Gasteiger partial charge is 0.198 e. The Bertz CT molecular complexity index is 761. The van der Waals surface area contributed by atoms with E-state index in [2.05, 4.69) is 29.4 Å². The molecule has 134 valence electrons. The summed E-state index contributed by atoms with van der Waals surface area (Å²) in [7, 11) is 0. The second-order valence-electron chi connectivity index (χ2n) is 7.73. The van der Waals surface area contributed by atoms with Crippen LogP contribution in [0.15, 0.2) is 22.6 Å². The minimum atomic E-state index is 0.214. The first-order valence-electron chi connectivity index (χ1n) is 9.65. The van der Waals surface area contributed by atoms with Gasteiger partial charge in [0.15, 0.2) is 11.5 Å². The molecule has 3 aliphatic rings. The molecule has 2 aromatic rings. The Hall–Kier alpha value is -1.59. The van der Waals surface area contributed by atoms with E-state index in [1.165, 1.54) is 12.8 Å². The van der Waals surface area contributed by atoms with Crippen LogP contribution in [0.2, 0.25) is 0 Å². The van der Waals surface area contributed by atoms with Crippen molar-refractivity contribution in [1.29, 1.82) is 0 Å². The quantitative estimate of drug-likeness (QED) is 0.887. The van der Waals surface area contributed by atoms with E-state index in [0.29, 0.717) is 18.1 Å². The van der Waals surface area contributed by atoms with Crippen molar-refractivity contribution in [2.45, 2.75) is 57.1 Å². The van der Waals surface area contributed by atoms with E-state index in [4.69, 9.17) is 13.9 Å². The maximum atomic E-state index is 6.02. The number of anilines is 1. The van der Waals surface area contributed by atoms with Crippen molar-refractivity contribution < 1.29 is 13.9 Å². The van der Waals surface area contributed by atoms with E-state index in [1.54, 1.807) is 0 Å². The van der Waals surface area contributed by atoms with Crippen LogP contribution in [0.25, 0.3) is 11.1 Å². The molecule has 0 radical (unpaired) electrons. The van der Waals surface area contributed by atoms with E-state index >= 15 is 0 Å². The van der Waals surface area contributed by atoms with E-state index in [0.717, 1.165) is 61.8 Å². The first-order chi connectivity index (χ1) is 12.3. The monoisotopic (exact) mass is 342 g/mol. The molecule has 1 saturated heterocycles. The Balaban J connectivity index is 1.36. The number of hydrogen-bond donors (Lipinski definition) is 1. The van der Waals surface area contributed by atoms with E-state index in [1.807, 2.05) is 6.07 Å². The largest absolute Gasteiger partial charge is 0.440 e. The number of fused-ring (bicyclic) bond motifs is 1. The maximum absolute atomic E-state index is 6.02. The highest BCUT2D eigenvalue weighted by Gasteiger charge is 2.56. The predicted octanol–water partition coefficient (Wildman–Crippen LogP) is 4.09. The fraction of sp³-hybridized carbons (Fsp3) is 0.650. The summed E-state index contributed by atoms with van der Waals surface area (Å²) in [5, 5.41) is 3.76. The lowest BCUT2D eigenvalue weighted by molar-refractivity contribution is -0.159. The van der Waals surface area contributed by atoms with Crippen LogP contribution in [0.4, 0.5) is 5.69 Å². The van der Waals surface area contributed by atoms with Crippen molar-refractivity contribution in [3.8, 4) is 0 Å². The van der Waals surface area contributed by atoms with Gasteiger partial charge in [-0.2, -0.15) is 0 Å². The van der Waals surface area contributed by atoms with Crippen molar-refractivity contribution >= 4 is 16.8 Å². The average molecular weight is 342 g/mol. The van der Waals surface area contributed by atoms with Crippen LogP contribution in [0.5, 0.6) is 0 Å². The van der Waals surface area contributed by atoms with Gasteiger partial charge in [-0.1, -0.05) is 0 Å². The van der Waals surface area contributed by atoms with Crippen LogP contribution < -0.4 is 5.32 Å². The molecule has 25 heavy (non-hydrogen) atoms. The third-order valence-corrected chi connectivity index (χ3v) is 6.25. The summed E-state index contributed by atoms with van der Waals surface area (Å²) >= 11 is 0. The molecule has 0 amide bonds. The molecule has 2 heterocycles. The number of benzene rings is 1. The highest BCUT2D eigenvalue weighted by molar-refractivity contribution is 5.77. The molecule has 2 unspecified atom stereocenters. The molecule has 2 aliphatic carbocycles. The minimum absolute atomic E-state index is 0.214. The molecular weight excluding hydrogens is 316 g/mol. The van der Waals surface area contributed by atoms with Gasteiger partial charge in [-0.3, -0.25) is 0 Å². The second-order valence-corrected chi connectivity index (χ2v) is 7.73. The summed E-state index contributed by atoms with van der Waals surface area (Å²) < 4.78 is 17.5. The van der Waals surface area contributed by atoms with Crippen molar-refractivity contribution in [2.75, 3.05) is 25.1 Å². The SMILES string of the molecule is CCOC1CC(Nc2ccc3oc(C4CC4)nc3c2)C12CCOCC2. The highest BCUT2D eigenvalue weighted by Crippen LogP contribution is 2.52. The summed E-state index contributed by atoms with van der Waals surface area (Å²) in [5.74, 6) is 1.46. The third-order valence-electron chi connectivity index (χ3n) is 6.25. The average Bonchev–Trinajstić information content (AvgIpc) is 3.41. The second kappa shape index (κ2) is 5.99. The standard InChI is InChI=1S/C20H26N2O3/c1-2-24-18-12-17(20(18)7-9-23-10-8-20)21-14-5-6-16-15(11-14)22-19(25-16)13-3-4-13/h5-6,11,13,17-18,21H,2-4,7-10,12H2,1H3. The summed E-state index contributed by atoms with van der Waals surface area (Å²) in [6.07, 6.45) is 6.00. The number of nitrogens with one attached hydrogen (secondary N) is 1. The van der Waals surface area contributed by atoms with Crippen LogP contribution in [0.1, 0.15) is 50.8 Å². The summed E-state index contributed by atoms with van der Waals surface area (Å²) in [6, 6.07) is 6.74. The molecule has 0 bridgehead atoms. The van der Waals surface area contributed by atoms with E-state index < -0.39 is 0 Å². The van der Waals surface area contributed by atoms with Gasteiger partial charge in [0.2, 0.25) is 0 Å². The Labute approximate surface area is 148 Å². The Kier molecular flexibility index (Phi) is 3.75. The maximum Gasteiger partial charge on any atom is 0.198 e. The topological polar surface area (TPSA) is 56.5 Å². The normalized spacial score (nSPS) is 28.2. The summed E-state index contributed by atoms with van der Waals surface area (Å²) in [6.45, 7) is 4.56. The molecule has 1 aromatic heterocycles. The van der Waals surface area contributed by atoms with Gasteiger partial charge in [-0.05, 0) is 57.2 Å². The van der Waals surface area contributed by atoms with Crippen LogP contribution in [-0.2, 0) is 9.47 Å². The van der Waals surface area contributed by atoms with Gasteiger partial charge >= 0.3 is 0 Å². The van der Waals surface area contributed by atoms with Gasteiger partial charge in [0.1, 0.15) is 5.52 Å². The molecule has 5 nitrogen and oxygen atoms in total. The zero-order valence-corrected chi connectivity index (χ0v) is 14.8. The minimum Gasteiger partial charge on any atom is -0.440 e. The van der Waals surface area contributed by atoms with E-state index in [9.17, 15) is 0 Å². The zero-order chi connectivity index (χ0) is 16.9. The number of rotatable bonds is 5. The van der Waals surface area contributed by atoms with Crippen molar-refractivity contribution in [3.05, 3.63) is 24.1 Å². The van der Waals surface area contributed by atoms with E-state index in [-0.39, 0.29) is 5.41 Å². The lowest BCUT2D eigenvalue weighted by Gasteiger charge is -2.57. The number of aromatic nitrogens is 1. The fourth-order valence-electron chi connectivity index (χ4n) is 4.55. The van der Waals surface area contributed by atoms with Gasteiger partial charge in [0.05, 0.1) is 6.10 Å². The Morgan fingerprint density at radius 1 is 1.28 bits per heavy atom. The van der Waals surface area contributed by atoms with Crippen LogP contribution in [0, 0.1) is 5.41 Å². The van der Waals surface area contributed by atoms with Gasteiger partial charge in [-0.25, -0.2) is 4.98 Å². The molecule has 5 heteroatoms. The van der Waals surface area contributed by atoms with Gasteiger partial charge in [0.25, 0.3) is 0 Å². The molecule has 1 N–H and O–H groups in total. The van der Waals surface area contributed by atoms with Crippen LogP contribution >= 0.6 is 0 Å². The molecule has 3 fully saturated rings.